The van der Waals surface area contributed by atoms with E-state index in [1.807, 2.05) is 41.7 Å². The van der Waals surface area contributed by atoms with Crippen LogP contribution in [0.2, 0.25) is 0 Å². The van der Waals surface area contributed by atoms with Gasteiger partial charge < -0.3 is 5.32 Å². The Hall–Kier alpha value is -1.63. The fourth-order valence-corrected chi connectivity index (χ4v) is 2.74. The Balaban J connectivity index is 2.14. The molecule has 2 rings (SSSR count). The van der Waals surface area contributed by atoms with E-state index in [0.29, 0.717) is 0 Å². The van der Waals surface area contributed by atoms with E-state index in [4.69, 9.17) is 0 Å². The Kier molecular flexibility index (Phi) is 4.75. The first kappa shape index (κ1) is 16.7. The second kappa shape index (κ2) is 6.24. The number of carbonyl (C=O) groups is 1. The van der Waals surface area contributed by atoms with Gasteiger partial charge in [-0.25, -0.2) is 0 Å². The molecule has 2 heterocycles. The molecular formula is C15H22BrN5O. The van der Waals surface area contributed by atoms with Crippen LogP contribution in [0.3, 0.4) is 0 Å². The zero-order chi connectivity index (χ0) is 16.6. The summed E-state index contributed by atoms with van der Waals surface area (Å²) in [5.41, 5.74) is 3.91. The molecule has 6 nitrogen and oxygen atoms in total. The van der Waals surface area contributed by atoms with Gasteiger partial charge in [0.05, 0.1) is 28.1 Å². The van der Waals surface area contributed by atoms with Crippen molar-refractivity contribution >= 4 is 21.8 Å². The number of hydrogen-bond acceptors (Lipinski definition) is 3. The predicted octanol–water partition coefficient (Wildman–Crippen LogP) is 2.74. The third kappa shape index (κ3) is 2.95. The van der Waals surface area contributed by atoms with Crippen molar-refractivity contribution in [3.8, 4) is 0 Å². The molecule has 0 saturated heterocycles. The molecule has 0 radical (unpaired) electrons. The largest absolute Gasteiger partial charge is 0.348 e. The quantitative estimate of drug-likeness (QED) is 0.903. The van der Waals surface area contributed by atoms with Crippen LogP contribution >= 0.6 is 15.9 Å². The molecule has 0 aliphatic heterocycles. The van der Waals surface area contributed by atoms with Crippen LogP contribution < -0.4 is 5.32 Å². The number of aryl methyl sites for hydroxylation is 2. The van der Waals surface area contributed by atoms with Gasteiger partial charge in [-0.2, -0.15) is 10.2 Å². The van der Waals surface area contributed by atoms with Crippen LogP contribution in [-0.4, -0.2) is 25.5 Å². The molecule has 7 heteroatoms. The summed E-state index contributed by atoms with van der Waals surface area (Å²) < 4.78 is 4.50. The fraction of sp³-hybridized carbons (Fsp3) is 0.533. The van der Waals surface area contributed by atoms with Gasteiger partial charge in [-0.3, -0.25) is 14.2 Å². The minimum atomic E-state index is -0.371. The highest BCUT2D eigenvalue weighted by atomic mass is 79.9. The lowest BCUT2D eigenvalue weighted by atomic mass is 10.1. The number of rotatable bonds is 4. The lowest BCUT2D eigenvalue weighted by molar-refractivity contribution is -0.124. The maximum atomic E-state index is 12.5. The number of nitrogens with zero attached hydrogens (tertiary/aromatic N) is 4. The smallest absolute Gasteiger partial charge is 0.245 e. The van der Waals surface area contributed by atoms with E-state index < -0.39 is 0 Å². The van der Waals surface area contributed by atoms with Crippen molar-refractivity contribution in [2.45, 2.75) is 46.7 Å². The van der Waals surface area contributed by atoms with Crippen LogP contribution in [0.25, 0.3) is 0 Å². The van der Waals surface area contributed by atoms with Crippen molar-refractivity contribution in [3.05, 3.63) is 33.3 Å². The molecule has 0 aromatic carbocycles. The maximum Gasteiger partial charge on any atom is 0.245 e. The summed E-state index contributed by atoms with van der Waals surface area (Å²) in [5, 5.41) is 11.7. The third-order valence-electron chi connectivity index (χ3n) is 4.08. The summed E-state index contributed by atoms with van der Waals surface area (Å²) >= 11 is 3.49. The lowest BCUT2D eigenvalue weighted by Crippen LogP contribution is -2.34. The summed E-state index contributed by atoms with van der Waals surface area (Å²) in [6.45, 7) is 9.67. The van der Waals surface area contributed by atoms with Crippen molar-refractivity contribution in [2.75, 3.05) is 0 Å². The first-order chi connectivity index (χ1) is 10.2. The average molecular weight is 368 g/mol. The third-order valence-corrected chi connectivity index (χ3v) is 5.23. The Labute approximate surface area is 139 Å². The Bertz CT molecular complexity index is 703. The fourth-order valence-electron chi connectivity index (χ4n) is 2.48. The second-order valence-corrected chi connectivity index (χ2v) is 6.44. The number of hydrogen-bond donors (Lipinski definition) is 1. The van der Waals surface area contributed by atoms with Gasteiger partial charge in [0.2, 0.25) is 5.91 Å². The van der Waals surface area contributed by atoms with Gasteiger partial charge in [0.15, 0.2) is 0 Å². The van der Waals surface area contributed by atoms with Gasteiger partial charge in [-0.15, -0.1) is 0 Å². The van der Waals surface area contributed by atoms with Gasteiger partial charge in [0.25, 0.3) is 0 Å². The van der Waals surface area contributed by atoms with Crippen LogP contribution in [0.4, 0.5) is 0 Å². The summed E-state index contributed by atoms with van der Waals surface area (Å²) in [4.78, 5) is 12.5. The van der Waals surface area contributed by atoms with E-state index >= 15 is 0 Å². The molecule has 2 unspecified atom stereocenters. The molecule has 2 aromatic rings. The highest BCUT2D eigenvalue weighted by molar-refractivity contribution is 9.10. The molecule has 1 amide bonds. The molecular weight excluding hydrogens is 346 g/mol. The predicted molar refractivity (Wildman–Crippen MR) is 88.6 cm³/mol. The van der Waals surface area contributed by atoms with Gasteiger partial charge in [-0.1, -0.05) is 0 Å². The first-order valence-corrected chi connectivity index (χ1v) is 8.03. The first-order valence-electron chi connectivity index (χ1n) is 7.24. The standard InChI is InChI=1S/C15H22BrN5O/c1-8(13-7-17-20(6)10(13)3)18-15(22)12(5)21-11(4)14(16)9(2)19-21/h7-8,12H,1-6H3,(H,18,22). The van der Waals surface area contributed by atoms with Gasteiger partial charge >= 0.3 is 0 Å². The number of amides is 1. The van der Waals surface area contributed by atoms with E-state index in [-0.39, 0.29) is 18.0 Å². The van der Waals surface area contributed by atoms with Gasteiger partial charge in [0, 0.05) is 18.3 Å². The zero-order valence-electron chi connectivity index (χ0n) is 13.8. The zero-order valence-corrected chi connectivity index (χ0v) is 15.4. The molecule has 0 aliphatic carbocycles. The minimum absolute atomic E-state index is 0.0612. The van der Waals surface area contributed by atoms with E-state index in [2.05, 4.69) is 31.4 Å². The molecule has 0 aliphatic rings. The van der Waals surface area contributed by atoms with Crippen molar-refractivity contribution in [3.63, 3.8) is 0 Å². The SMILES string of the molecule is Cc1nn(C(C)C(=O)NC(C)c2cnn(C)c2C)c(C)c1Br. The normalized spacial score (nSPS) is 14.0. The van der Waals surface area contributed by atoms with Crippen molar-refractivity contribution in [1.82, 2.24) is 24.9 Å². The van der Waals surface area contributed by atoms with Crippen LogP contribution in [-0.2, 0) is 11.8 Å². The molecule has 0 fully saturated rings. The molecule has 0 saturated carbocycles. The van der Waals surface area contributed by atoms with Crippen LogP contribution in [0.1, 0.15) is 48.6 Å². The number of carbonyl (C=O) groups excluding carboxylic acids is 1. The monoisotopic (exact) mass is 367 g/mol. The Morgan fingerprint density at radius 1 is 1.27 bits per heavy atom. The van der Waals surface area contributed by atoms with Gasteiger partial charge in [0.1, 0.15) is 6.04 Å². The highest BCUT2D eigenvalue weighted by Crippen LogP contribution is 2.23. The Morgan fingerprint density at radius 2 is 1.91 bits per heavy atom. The van der Waals surface area contributed by atoms with E-state index in [0.717, 1.165) is 27.1 Å². The molecule has 1 N–H and O–H groups in total. The molecule has 0 bridgehead atoms. The van der Waals surface area contributed by atoms with E-state index in [9.17, 15) is 4.79 Å². The topological polar surface area (TPSA) is 64.7 Å². The summed E-state index contributed by atoms with van der Waals surface area (Å²) in [6, 6.07) is -0.464. The van der Waals surface area contributed by atoms with Crippen LogP contribution in [0.15, 0.2) is 10.7 Å². The molecule has 120 valence electrons. The number of aromatic nitrogens is 4. The summed E-state index contributed by atoms with van der Waals surface area (Å²) in [5.74, 6) is -0.0612. The van der Waals surface area contributed by atoms with E-state index in [1.165, 1.54) is 0 Å². The van der Waals surface area contributed by atoms with E-state index in [1.54, 1.807) is 15.6 Å². The van der Waals surface area contributed by atoms with Crippen LogP contribution in [0.5, 0.6) is 0 Å². The second-order valence-electron chi connectivity index (χ2n) is 5.64. The average Bonchev–Trinajstić information content (AvgIpc) is 2.93. The molecule has 0 spiro atoms. The van der Waals surface area contributed by atoms with Crippen molar-refractivity contribution < 1.29 is 4.79 Å². The maximum absolute atomic E-state index is 12.5. The van der Waals surface area contributed by atoms with Gasteiger partial charge in [-0.05, 0) is 50.5 Å². The molecule has 2 aromatic heterocycles. The lowest BCUT2D eigenvalue weighted by Gasteiger charge is -2.19. The highest BCUT2D eigenvalue weighted by Gasteiger charge is 2.23. The minimum Gasteiger partial charge on any atom is -0.348 e. The number of halogens is 1. The van der Waals surface area contributed by atoms with Crippen LogP contribution in [0, 0.1) is 20.8 Å². The van der Waals surface area contributed by atoms with Crippen molar-refractivity contribution in [2.24, 2.45) is 7.05 Å². The molecule has 2 atom stereocenters. The molecule has 22 heavy (non-hydrogen) atoms. The Morgan fingerprint density at radius 3 is 2.36 bits per heavy atom. The summed E-state index contributed by atoms with van der Waals surface area (Å²) in [6.07, 6.45) is 1.80. The van der Waals surface area contributed by atoms with Crippen molar-refractivity contribution in [1.29, 1.82) is 0 Å². The number of nitrogens with one attached hydrogen (secondary N) is 1. The summed E-state index contributed by atoms with van der Waals surface area (Å²) in [7, 11) is 1.89.